The predicted molar refractivity (Wildman–Crippen MR) is 82.3 cm³/mol. The number of likely N-dealkylation sites (tertiary alicyclic amines) is 1. The van der Waals surface area contributed by atoms with E-state index in [1.54, 1.807) is 0 Å². The summed E-state index contributed by atoms with van der Waals surface area (Å²) in [4.78, 5) is 25.5. The van der Waals surface area contributed by atoms with Crippen LogP contribution in [0.25, 0.3) is 0 Å². The Labute approximate surface area is 129 Å². The lowest BCUT2D eigenvalue weighted by Gasteiger charge is -2.17. The van der Waals surface area contributed by atoms with Crippen LogP contribution in [0.15, 0.2) is 20.7 Å². The van der Waals surface area contributed by atoms with Gasteiger partial charge in [0.25, 0.3) is 5.56 Å². The second kappa shape index (κ2) is 5.98. The number of hydrogen-bond donors (Lipinski definition) is 1. The van der Waals surface area contributed by atoms with Crippen LogP contribution in [-0.4, -0.2) is 48.1 Å². The van der Waals surface area contributed by atoms with E-state index >= 15 is 0 Å². The third kappa shape index (κ3) is 3.01. The summed E-state index contributed by atoms with van der Waals surface area (Å²) in [6.45, 7) is 6.27. The maximum atomic E-state index is 12.5. The first kappa shape index (κ1) is 16.9. The number of sulfonamides is 1. The van der Waals surface area contributed by atoms with Gasteiger partial charge in [-0.15, -0.1) is 0 Å². The number of nitrogens with one attached hydrogen (secondary N) is 1. The zero-order valence-electron chi connectivity index (χ0n) is 13.2. The van der Waals surface area contributed by atoms with E-state index in [0.29, 0.717) is 6.54 Å². The molecule has 0 spiro atoms. The summed E-state index contributed by atoms with van der Waals surface area (Å²) in [7, 11) is -1.29. The van der Waals surface area contributed by atoms with Gasteiger partial charge in [-0.05, 0) is 12.5 Å². The standard InChI is InChI=1S/C13H22N4O4S/c1-5-17-6-9(2)10(7-17)14-22(20,21)11-8-15(3)13(19)16(4)12(11)18/h8-10,14H,5-7H2,1-4H3/t9-,10-/m1/s1. The molecule has 2 atom stereocenters. The number of nitrogens with zero attached hydrogens (tertiary/aromatic N) is 3. The summed E-state index contributed by atoms with van der Waals surface area (Å²) >= 11 is 0. The monoisotopic (exact) mass is 330 g/mol. The molecule has 0 aliphatic carbocycles. The van der Waals surface area contributed by atoms with E-state index in [2.05, 4.69) is 9.62 Å². The van der Waals surface area contributed by atoms with Gasteiger partial charge in [-0.25, -0.2) is 17.9 Å². The van der Waals surface area contributed by atoms with Gasteiger partial charge in [-0.2, -0.15) is 0 Å². The summed E-state index contributed by atoms with van der Waals surface area (Å²) in [6, 6.07) is -0.244. The molecule has 2 heterocycles. The van der Waals surface area contributed by atoms with E-state index in [-0.39, 0.29) is 12.0 Å². The fourth-order valence-corrected chi connectivity index (χ4v) is 4.20. The van der Waals surface area contributed by atoms with Gasteiger partial charge in [0.05, 0.1) is 0 Å². The predicted octanol–water partition coefficient (Wildman–Crippen LogP) is -1.30. The van der Waals surface area contributed by atoms with Gasteiger partial charge >= 0.3 is 5.69 Å². The number of hydrogen-bond acceptors (Lipinski definition) is 5. The van der Waals surface area contributed by atoms with Crippen LogP contribution in [0.3, 0.4) is 0 Å². The molecule has 1 fully saturated rings. The Hall–Kier alpha value is -1.45. The Bertz CT molecular complexity index is 780. The number of rotatable bonds is 4. The van der Waals surface area contributed by atoms with Crippen molar-refractivity contribution in [3.63, 3.8) is 0 Å². The van der Waals surface area contributed by atoms with Crippen molar-refractivity contribution in [2.75, 3.05) is 19.6 Å². The summed E-state index contributed by atoms with van der Waals surface area (Å²) in [5.74, 6) is 0.158. The molecule has 2 rings (SSSR count). The van der Waals surface area contributed by atoms with Crippen molar-refractivity contribution in [3.05, 3.63) is 27.0 Å². The van der Waals surface area contributed by atoms with Crippen molar-refractivity contribution in [1.82, 2.24) is 18.8 Å². The minimum absolute atomic E-state index is 0.158. The Balaban J connectivity index is 2.37. The van der Waals surface area contributed by atoms with E-state index in [1.807, 2.05) is 13.8 Å². The fourth-order valence-electron chi connectivity index (χ4n) is 2.70. The quantitative estimate of drug-likeness (QED) is 0.741. The molecule has 9 heteroatoms. The third-order valence-corrected chi connectivity index (χ3v) is 5.62. The summed E-state index contributed by atoms with van der Waals surface area (Å²) < 4.78 is 29.5. The highest BCUT2D eigenvalue weighted by Crippen LogP contribution is 2.17. The Kier molecular flexibility index (Phi) is 4.59. The van der Waals surface area contributed by atoms with Crippen molar-refractivity contribution in [2.45, 2.75) is 24.8 Å². The van der Waals surface area contributed by atoms with Crippen LogP contribution < -0.4 is 16.0 Å². The molecular formula is C13H22N4O4S. The molecule has 0 unspecified atom stereocenters. The van der Waals surface area contributed by atoms with E-state index in [1.165, 1.54) is 14.1 Å². The first-order chi connectivity index (χ1) is 10.2. The Morgan fingerprint density at radius 1 is 1.27 bits per heavy atom. The fraction of sp³-hybridized carbons (Fsp3) is 0.692. The molecular weight excluding hydrogens is 308 g/mol. The molecule has 0 amide bonds. The van der Waals surface area contributed by atoms with Crippen molar-refractivity contribution in [2.24, 2.45) is 20.0 Å². The maximum absolute atomic E-state index is 12.5. The molecule has 1 aromatic rings. The molecule has 8 nitrogen and oxygen atoms in total. The van der Waals surface area contributed by atoms with E-state index in [4.69, 9.17) is 0 Å². The summed E-state index contributed by atoms with van der Waals surface area (Å²) in [5, 5.41) is 0. The molecule has 0 radical (unpaired) electrons. The molecule has 1 aromatic heterocycles. The second-order valence-electron chi connectivity index (χ2n) is 5.81. The molecule has 22 heavy (non-hydrogen) atoms. The highest BCUT2D eigenvalue weighted by Gasteiger charge is 2.33. The second-order valence-corrected chi connectivity index (χ2v) is 7.49. The highest BCUT2D eigenvalue weighted by molar-refractivity contribution is 7.89. The van der Waals surface area contributed by atoms with Gasteiger partial charge in [0.15, 0.2) is 4.90 Å². The summed E-state index contributed by atoms with van der Waals surface area (Å²) in [6.07, 6.45) is 1.07. The average molecular weight is 330 g/mol. The maximum Gasteiger partial charge on any atom is 0.330 e. The number of likely N-dealkylation sites (N-methyl/N-ethyl adjacent to an activating group) is 1. The Morgan fingerprint density at radius 2 is 1.91 bits per heavy atom. The lowest BCUT2D eigenvalue weighted by atomic mass is 10.1. The normalized spacial score (nSPS) is 23.1. The molecule has 0 aromatic carbocycles. The van der Waals surface area contributed by atoms with Gasteiger partial charge in [0, 0.05) is 39.4 Å². The molecule has 0 saturated carbocycles. The van der Waals surface area contributed by atoms with Crippen molar-refractivity contribution in [3.8, 4) is 0 Å². The van der Waals surface area contributed by atoms with Gasteiger partial charge in [0.1, 0.15) is 0 Å². The zero-order valence-corrected chi connectivity index (χ0v) is 14.1. The largest absolute Gasteiger partial charge is 0.330 e. The van der Waals surface area contributed by atoms with Crippen LogP contribution in [0.2, 0.25) is 0 Å². The van der Waals surface area contributed by atoms with Crippen LogP contribution in [0, 0.1) is 5.92 Å². The van der Waals surface area contributed by atoms with Crippen molar-refractivity contribution >= 4 is 10.0 Å². The first-order valence-corrected chi connectivity index (χ1v) is 8.67. The SMILES string of the molecule is CCN1C[C@@H](C)[C@H](NS(=O)(=O)c2cn(C)c(=O)n(C)c2=O)C1. The minimum Gasteiger partial charge on any atom is -0.302 e. The van der Waals surface area contributed by atoms with Crippen LogP contribution in [0.5, 0.6) is 0 Å². The number of aromatic nitrogens is 2. The topological polar surface area (TPSA) is 93.4 Å². The van der Waals surface area contributed by atoms with Crippen LogP contribution >= 0.6 is 0 Å². The molecule has 1 aliphatic heterocycles. The number of aryl methyl sites for hydroxylation is 1. The lowest BCUT2D eigenvalue weighted by Crippen LogP contribution is -2.45. The van der Waals surface area contributed by atoms with Gasteiger partial charge < -0.3 is 9.47 Å². The van der Waals surface area contributed by atoms with E-state index in [9.17, 15) is 18.0 Å². The highest BCUT2D eigenvalue weighted by atomic mass is 32.2. The zero-order chi connectivity index (χ0) is 16.7. The minimum atomic E-state index is -3.97. The van der Waals surface area contributed by atoms with Gasteiger partial charge in [-0.1, -0.05) is 13.8 Å². The van der Waals surface area contributed by atoms with Crippen molar-refractivity contribution in [1.29, 1.82) is 0 Å². The lowest BCUT2D eigenvalue weighted by molar-refractivity contribution is 0.344. The third-order valence-electron chi connectivity index (χ3n) is 4.15. The smallest absolute Gasteiger partial charge is 0.302 e. The van der Waals surface area contributed by atoms with E-state index in [0.717, 1.165) is 28.4 Å². The first-order valence-electron chi connectivity index (χ1n) is 7.18. The van der Waals surface area contributed by atoms with Crippen LogP contribution in [-0.2, 0) is 24.1 Å². The summed E-state index contributed by atoms with van der Waals surface area (Å²) in [5.41, 5.74) is -1.37. The van der Waals surface area contributed by atoms with Crippen LogP contribution in [0.1, 0.15) is 13.8 Å². The van der Waals surface area contributed by atoms with E-state index < -0.39 is 26.2 Å². The van der Waals surface area contributed by atoms with Crippen LogP contribution in [0.4, 0.5) is 0 Å². The Morgan fingerprint density at radius 3 is 2.45 bits per heavy atom. The molecule has 124 valence electrons. The molecule has 1 N–H and O–H groups in total. The molecule has 0 bridgehead atoms. The molecule has 1 saturated heterocycles. The van der Waals surface area contributed by atoms with Gasteiger partial charge in [-0.3, -0.25) is 9.36 Å². The van der Waals surface area contributed by atoms with Crippen molar-refractivity contribution < 1.29 is 8.42 Å². The molecule has 1 aliphatic rings. The van der Waals surface area contributed by atoms with Gasteiger partial charge in [0.2, 0.25) is 10.0 Å². The average Bonchev–Trinajstić information content (AvgIpc) is 2.80.